The molecule has 0 bridgehead atoms. The number of esters is 1. The third kappa shape index (κ3) is 3.51. The molecule has 1 rings (SSSR count). The number of carbonyl (C=O) groups is 1. The second-order valence-electron chi connectivity index (χ2n) is 4.00. The first-order chi connectivity index (χ1) is 6.79. The van der Waals surface area contributed by atoms with Crippen LogP contribution in [0.2, 0.25) is 0 Å². The van der Waals surface area contributed by atoms with Gasteiger partial charge in [0.1, 0.15) is 16.0 Å². The highest BCUT2D eigenvalue weighted by Crippen LogP contribution is 2.20. The molecular formula is C10H12BrNO3. The normalized spacial score (nSPS) is 11.2. The van der Waals surface area contributed by atoms with Crippen LogP contribution in [-0.4, -0.2) is 21.7 Å². The van der Waals surface area contributed by atoms with Crippen molar-refractivity contribution < 1.29 is 14.6 Å². The molecule has 82 valence electrons. The second-order valence-corrected chi connectivity index (χ2v) is 4.82. The van der Waals surface area contributed by atoms with E-state index in [-0.39, 0.29) is 11.4 Å². The molecule has 0 aliphatic heterocycles. The number of carbonyl (C=O) groups excluding carboxylic acids is 1. The molecule has 0 aliphatic carbocycles. The van der Waals surface area contributed by atoms with Gasteiger partial charge in [-0.1, -0.05) is 0 Å². The highest BCUT2D eigenvalue weighted by Gasteiger charge is 2.21. The molecule has 15 heavy (non-hydrogen) atoms. The zero-order chi connectivity index (χ0) is 11.6. The van der Waals surface area contributed by atoms with Crippen molar-refractivity contribution in [3.63, 3.8) is 0 Å². The summed E-state index contributed by atoms with van der Waals surface area (Å²) >= 11 is 3.11. The maximum absolute atomic E-state index is 11.6. The molecule has 0 aromatic carbocycles. The number of nitrogens with zero attached hydrogens (tertiary/aromatic N) is 1. The van der Waals surface area contributed by atoms with Crippen LogP contribution in [0.15, 0.2) is 16.7 Å². The third-order valence-electron chi connectivity index (χ3n) is 1.43. The minimum Gasteiger partial charge on any atom is -0.505 e. The van der Waals surface area contributed by atoms with E-state index in [4.69, 9.17) is 4.74 Å². The number of hydrogen-bond acceptors (Lipinski definition) is 4. The van der Waals surface area contributed by atoms with Gasteiger partial charge in [0.25, 0.3) is 0 Å². The van der Waals surface area contributed by atoms with E-state index in [1.165, 1.54) is 6.07 Å². The van der Waals surface area contributed by atoms with Crippen molar-refractivity contribution in [2.75, 3.05) is 0 Å². The van der Waals surface area contributed by atoms with Crippen LogP contribution < -0.4 is 0 Å². The van der Waals surface area contributed by atoms with E-state index in [1.54, 1.807) is 26.8 Å². The summed E-state index contributed by atoms with van der Waals surface area (Å²) in [7, 11) is 0. The van der Waals surface area contributed by atoms with E-state index in [0.717, 1.165) is 0 Å². The Bertz CT molecular complexity index is 385. The smallest absolute Gasteiger partial charge is 0.361 e. The third-order valence-corrected chi connectivity index (χ3v) is 1.87. The number of aromatic nitrogens is 1. The van der Waals surface area contributed by atoms with Crippen molar-refractivity contribution in [2.24, 2.45) is 0 Å². The van der Waals surface area contributed by atoms with Gasteiger partial charge < -0.3 is 9.84 Å². The van der Waals surface area contributed by atoms with Gasteiger partial charge in [-0.15, -0.1) is 0 Å². The Morgan fingerprint density at radius 2 is 2.07 bits per heavy atom. The van der Waals surface area contributed by atoms with Crippen LogP contribution in [0.5, 0.6) is 5.75 Å². The summed E-state index contributed by atoms with van der Waals surface area (Å²) in [5.41, 5.74) is -0.688. The maximum Gasteiger partial charge on any atom is 0.361 e. The topological polar surface area (TPSA) is 59.4 Å². The van der Waals surface area contributed by atoms with Crippen LogP contribution in [-0.2, 0) is 4.74 Å². The Balaban J connectivity index is 2.96. The Kier molecular flexibility index (Phi) is 3.34. The maximum atomic E-state index is 11.6. The molecule has 0 saturated heterocycles. The Labute approximate surface area is 96.4 Å². The summed E-state index contributed by atoms with van der Waals surface area (Å²) in [6.45, 7) is 5.25. The molecule has 4 nitrogen and oxygen atoms in total. The average Bonchev–Trinajstić information content (AvgIpc) is 2.06. The predicted molar refractivity (Wildman–Crippen MR) is 58.8 cm³/mol. The first-order valence-electron chi connectivity index (χ1n) is 4.38. The fourth-order valence-corrected chi connectivity index (χ4v) is 1.21. The van der Waals surface area contributed by atoms with Crippen molar-refractivity contribution in [3.8, 4) is 5.75 Å². The van der Waals surface area contributed by atoms with Crippen molar-refractivity contribution in [2.45, 2.75) is 26.4 Å². The van der Waals surface area contributed by atoms with Crippen LogP contribution >= 0.6 is 15.9 Å². The molecule has 0 aliphatic rings. The predicted octanol–water partition coefficient (Wildman–Crippen LogP) is 2.51. The lowest BCUT2D eigenvalue weighted by molar-refractivity contribution is 0.00596. The molecule has 0 amide bonds. The quantitative estimate of drug-likeness (QED) is 0.631. The molecule has 0 saturated carbocycles. The minimum atomic E-state index is -0.638. The Hall–Kier alpha value is -1.10. The fraction of sp³-hybridized carbons (Fsp3) is 0.400. The summed E-state index contributed by atoms with van der Waals surface area (Å²) in [6, 6.07) is 2.93. The van der Waals surface area contributed by atoms with Gasteiger partial charge in [0.05, 0.1) is 0 Å². The van der Waals surface area contributed by atoms with Gasteiger partial charge in [-0.2, -0.15) is 0 Å². The second kappa shape index (κ2) is 4.18. The summed E-state index contributed by atoms with van der Waals surface area (Å²) in [6.07, 6.45) is 0. The number of pyridine rings is 1. The Morgan fingerprint density at radius 3 is 2.60 bits per heavy atom. The summed E-state index contributed by atoms with van der Waals surface area (Å²) in [4.78, 5) is 15.4. The van der Waals surface area contributed by atoms with Crippen LogP contribution in [0, 0.1) is 0 Å². The van der Waals surface area contributed by atoms with Gasteiger partial charge in [-0.3, -0.25) is 0 Å². The van der Waals surface area contributed by atoms with E-state index in [1.807, 2.05) is 0 Å². The van der Waals surface area contributed by atoms with Crippen LogP contribution in [0.25, 0.3) is 0 Å². The molecule has 0 radical (unpaired) electrons. The largest absolute Gasteiger partial charge is 0.505 e. The number of halogens is 1. The number of hydrogen-bond donors (Lipinski definition) is 1. The first kappa shape index (κ1) is 12.0. The Morgan fingerprint density at radius 1 is 1.47 bits per heavy atom. The summed E-state index contributed by atoms with van der Waals surface area (Å²) in [5.74, 6) is -0.825. The molecule has 1 N–H and O–H groups in total. The van der Waals surface area contributed by atoms with Crippen LogP contribution in [0.1, 0.15) is 31.3 Å². The molecular weight excluding hydrogens is 262 g/mol. The van der Waals surface area contributed by atoms with Crippen molar-refractivity contribution in [1.82, 2.24) is 4.98 Å². The van der Waals surface area contributed by atoms with Crippen molar-refractivity contribution in [3.05, 3.63) is 22.4 Å². The zero-order valence-corrected chi connectivity index (χ0v) is 10.3. The van der Waals surface area contributed by atoms with E-state index in [2.05, 4.69) is 20.9 Å². The van der Waals surface area contributed by atoms with Gasteiger partial charge in [0.15, 0.2) is 5.69 Å². The van der Waals surface area contributed by atoms with E-state index in [9.17, 15) is 9.90 Å². The molecule has 1 aromatic rings. The summed E-state index contributed by atoms with van der Waals surface area (Å²) < 4.78 is 5.55. The lowest BCUT2D eigenvalue weighted by Crippen LogP contribution is -2.24. The summed E-state index contributed by atoms with van der Waals surface area (Å²) in [5, 5.41) is 9.42. The van der Waals surface area contributed by atoms with E-state index < -0.39 is 11.6 Å². The molecule has 5 heteroatoms. The van der Waals surface area contributed by atoms with Gasteiger partial charge >= 0.3 is 5.97 Å². The molecule has 0 spiro atoms. The van der Waals surface area contributed by atoms with Gasteiger partial charge in [-0.25, -0.2) is 9.78 Å². The lowest BCUT2D eigenvalue weighted by atomic mass is 10.2. The molecule has 1 heterocycles. The minimum absolute atomic E-state index is 0.0840. The lowest BCUT2D eigenvalue weighted by Gasteiger charge is -2.19. The molecule has 0 unspecified atom stereocenters. The van der Waals surface area contributed by atoms with E-state index in [0.29, 0.717) is 4.60 Å². The highest BCUT2D eigenvalue weighted by molar-refractivity contribution is 9.10. The van der Waals surface area contributed by atoms with Gasteiger partial charge in [-0.05, 0) is 48.8 Å². The fourth-order valence-electron chi connectivity index (χ4n) is 0.905. The van der Waals surface area contributed by atoms with Crippen LogP contribution in [0.3, 0.4) is 0 Å². The number of rotatable bonds is 1. The SMILES string of the molecule is CC(C)(C)OC(=O)c1nc(Br)ccc1O. The van der Waals surface area contributed by atoms with Crippen LogP contribution in [0.4, 0.5) is 0 Å². The van der Waals surface area contributed by atoms with Crippen molar-refractivity contribution >= 4 is 21.9 Å². The van der Waals surface area contributed by atoms with Gasteiger partial charge in [0, 0.05) is 0 Å². The molecule has 0 atom stereocenters. The zero-order valence-electron chi connectivity index (χ0n) is 8.74. The number of aromatic hydroxyl groups is 1. The molecule has 0 fully saturated rings. The monoisotopic (exact) mass is 273 g/mol. The highest BCUT2D eigenvalue weighted by atomic mass is 79.9. The average molecular weight is 274 g/mol. The first-order valence-corrected chi connectivity index (χ1v) is 5.18. The van der Waals surface area contributed by atoms with Crippen molar-refractivity contribution in [1.29, 1.82) is 0 Å². The molecule has 1 aromatic heterocycles. The standard InChI is InChI=1S/C10H12BrNO3/c1-10(2,3)15-9(14)8-6(13)4-5-7(11)12-8/h4-5,13H,1-3H3. The van der Waals surface area contributed by atoms with Gasteiger partial charge in [0.2, 0.25) is 0 Å². The number of ether oxygens (including phenoxy) is 1. The van der Waals surface area contributed by atoms with E-state index >= 15 is 0 Å².